The Kier molecular flexibility index (Phi) is 2.08. The Labute approximate surface area is 99.4 Å². The first kappa shape index (κ1) is 9.91. The lowest BCUT2D eigenvalue weighted by Gasteiger charge is -2.08. The number of aryl methyl sites for hydroxylation is 1. The third-order valence-electron chi connectivity index (χ3n) is 3.22. The molecule has 2 nitrogen and oxygen atoms in total. The average molecular weight is 233 g/mol. The van der Waals surface area contributed by atoms with Gasteiger partial charge in [-0.1, -0.05) is 11.6 Å². The van der Waals surface area contributed by atoms with Crippen molar-refractivity contribution in [3.63, 3.8) is 0 Å². The smallest absolute Gasteiger partial charge is 0.0770 e. The molecule has 2 aromatic rings. The number of hydrogen-bond acceptors (Lipinski definition) is 2. The Balaban J connectivity index is 2.33. The minimum atomic E-state index is 0.616. The zero-order valence-electron chi connectivity index (χ0n) is 9.13. The number of halogens is 1. The highest BCUT2D eigenvalue weighted by molar-refractivity contribution is 6.32. The predicted octanol–water partition coefficient (Wildman–Crippen LogP) is 3.66. The van der Waals surface area contributed by atoms with Gasteiger partial charge in [0.15, 0.2) is 0 Å². The SMILES string of the molecule is Cc1c(Cl)ccc2c(N)cc(C3CC3)nc12. The van der Waals surface area contributed by atoms with Crippen LogP contribution in [-0.2, 0) is 0 Å². The fourth-order valence-corrected chi connectivity index (χ4v) is 2.19. The Morgan fingerprint density at radius 3 is 2.81 bits per heavy atom. The first-order valence-electron chi connectivity index (χ1n) is 5.52. The van der Waals surface area contributed by atoms with E-state index < -0.39 is 0 Å². The number of pyridine rings is 1. The molecule has 1 aliphatic rings. The molecule has 1 aromatic heterocycles. The van der Waals surface area contributed by atoms with Gasteiger partial charge in [-0.3, -0.25) is 4.98 Å². The summed E-state index contributed by atoms with van der Waals surface area (Å²) in [5.74, 6) is 0.616. The summed E-state index contributed by atoms with van der Waals surface area (Å²) >= 11 is 6.11. The molecular weight excluding hydrogens is 220 g/mol. The number of nitrogens with two attached hydrogens (primary N) is 1. The summed E-state index contributed by atoms with van der Waals surface area (Å²) in [7, 11) is 0. The molecule has 0 bridgehead atoms. The van der Waals surface area contributed by atoms with Crippen LogP contribution in [0.25, 0.3) is 10.9 Å². The number of aromatic nitrogens is 1. The minimum Gasteiger partial charge on any atom is -0.398 e. The van der Waals surface area contributed by atoms with Gasteiger partial charge < -0.3 is 5.73 Å². The summed E-state index contributed by atoms with van der Waals surface area (Å²) in [6, 6.07) is 5.84. The second-order valence-corrected chi connectivity index (χ2v) is 4.89. The van der Waals surface area contributed by atoms with Crippen LogP contribution in [0.4, 0.5) is 5.69 Å². The van der Waals surface area contributed by atoms with Gasteiger partial charge in [0, 0.05) is 27.7 Å². The number of nitrogens with zero attached hydrogens (tertiary/aromatic N) is 1. The van der Waals surface area contributed by atoms with E-state index in [2.05, 4.69) is 0 Å². The van der Waals surface area contributed by atoms with Crippen molar-refractivity contribution in [1.29, 1.82) is 0 Å². The lowest BCUT2D eigenvalue weighted by Crippen LogP contribution is -1.96. The summed E-state index contributed by atoms with van der Waals surface area (Å²) in [5.41, 5.74) is 9.97. The van der Waals surface area contributed by atoms with Gasteiger partial charge in [0.25, 0.3) is 0 Å². The molecule has 0 atom stereocenters. The average Bonchev–Trinajstić information content (AvgIpc) is 3.07. The molecule has 1 fully saturated rings. The molecule has 82 valence electrons. The highest BCUT2D eigenvalue weighted by Crippen LogP contribution is 2.41. The Bertz CT molecular complexity index is 574. The molecule has 1 heterocycles. The number of fused-ring (bicyclic) bond motifs is 1. The van der Waals surface area contributed by atoms with Crippen LogP contribution in [0, 0.1) is 6.92 Å². The number of hydrogen-bond donors (Lipinski definition) is 1. The molecule has 0 radical (unpaired) electrons. The number of rotatable bonds is 1. The van der Waals surface area contributed by atoms with Crippen molar-refractivity contribution in [2.24, 2.45) is 0 Å². The van der Waals surface area contributed by atoms with Gasteiger partial charge in [-0.15, -0.1) is 0 Å². The maximum atomic E-state index is 6.11. The molecule has 1 aromatic carbocycles. The van der Waals surface area contributed by atoms with Gasteiger partial charge in [-0.25, -0.2) is 0 Å². The Hall–Kier alpha value is -1.28. The zero-order chi connectivity index (χ0) is 11.3. The highest BCUT2D eigenvalue weighted by atomic mass is 35.5. The molecule has 0 spiro atoms. The van der Waals surface area contributed by atoms with Gasteiger partial charge in [0.1, 0.15) is 0 Å². The lowest BCUT2D eigenvalue weighted by atomic mass is 10.1. The van der Waals surface area contributed by atoms with Crippen LogP contribution in [0.5, 0.6) is 0 Å². The van der Waals surface area contributed by atoms with Crippen molar-refractivity contribution in [2.75, 3.05) is 5.73 Å². The van der Waals surface area contributed by atoms with E-state index >= 15 is 0 Å². The zero-order valence-corrected chi connectivity index (χ0v) is 9.88. The van der Waals surface area contributed by atoms with E-state index in [1.54, 1.807) is 0 Å². The minimum absolute atomic E-state index is 0.616. The molecule has 2 N–H and O–H groups in total. The van der Waals surface area contributed by atoms with Crippen molar-refractivity contribution in [3.8, 4) is 0 Å². The summed E-state index contributed by atoms with van der Waals surface area (Å²) < 4.78 is 0. The van der Waals surface area contributed by atoms with Crippen LogP contribution in [0.3, 0.4) is 0 Å². The standard InChI is InChI=1S/C13H13ClN2/c1-7-10(14)5-4-9-11(15)6-12(8-2-3-8)16-13(7)9/h4-6,8H,2-3H2,1H3,(H2,15,16). The molecule has 3 rings (SSSR count). The van der Waals surface area contributed by atoms with E-state index in [0.29, 0.717) is 5.92 Å². The molecule has 1 saturated carbocycles. The third-order valence-corrected chi connectivity index (χ3v) is 3.63. The van der Waals surface area contributed by atoms with E-state index in [0.717, 1.165) is 32.9 Å². The monoisotopic (exact) mass is 232 g/mol. The van der Waals surface area contributed by atoms with Crippen molar-refractivity contribution < 1.29 is 0 Å². The van der Waals surface area contributed by atoms with Crippen LogP contribution in [0.15, 0.2) is 18.2 Å². The van der Waals surface area contributed by atoms with E-state index in [9.17, 15) is 0 Å². The van der Waals surface area contributed by atoms with E-state index in [1.165, 1.54) is 12.8 Å². The van der Waals surface area contributed by atoms with Gasteiger partial charge in [0.2, 0.25) is 0 Å². The second kappa shape index (κ2) is 3.36. The van der Waals surface area contributed by atoms with Crippen LogP contribution in [0.1, 0.15) is 30.0 Å². The van der Waals surface area contributed by atoms with Gasteiger partial charge >= 0.3 is 0 Å². The Morgan fingerprint density at radius 2 is 2.12 bits per heavy atom. The van der Waals surface area contributed by atoms with Crippen LogP contribution in [-0.4, -0.2) is 4.98 Å². The normalized spacial score (nSPS) is 15.6. The van der Waals surface area contributed by atoms with Crippen molar-refractivity contribution in [3.05, 3.63) is 34.5 Å². The molecule has 0 aliphatic heterocycles. The van der Waals surface area contributed by atoms with Crippen molar-refractivity contribution in [2.45, 2.75) is 25.7 Å². The molecule has 0 saturated heterocycles. The van der Waals surface area contributed by atoms with E-state index in [1.807, 2.05) is 25.1 Å². The summed E-state index contributed by atoms with van der Waals surface area (Å²) in [6.45, 7) is 1.99. The van der Waals surface area contributed by atoms with Crippen molar-refractivity contribution in [1.82, 2.24) is 4.98 Å². The first-order valence-corrected chi connectivity index (χ1v) is 5.90. The fourth-order valence-electron chi connectivity index (χ4n) is 2.04. The molecule has 3 heteroatoms. The van der Waals surface area contributed by atoms with E-state index in [4.69, 9.17) is 22.3 Å². The largest absolute Gasteiger partial charge is 0.398 e. The van der Waals surface area contributed by atoms with Gasteiger partial charge in [0.05, 0.1) is 5.52 Å². The van der Waals surface area contributed by atoms with Crippen molar-refractivity contribution >= 4 is 28.2 Å². The summed E-state index contributed by atoms with van der Waals surface area (Å²) in [6.07, 6.45) is 2.47. The summed E-state index contributed by atoms with van der Waals surface area (Å²) in [5, 5.41) is 1.76. The third kappa shape index (κ3) is 1.45. The first-order chi connectivity index (χ1) is 7.66. The lowest BCUT2D eigenvalue weighted by molar-refractivity contribution is 1.04. The van der Waals surface area contributed by atoms with Crippen LogP contribution in [0.2, 0.25) is 5.02 Å². The maximum absolute atomic E-state index is 6.11. The number of benzene rings is 1. The fraction of sp³-hybridized carbons (Fsp3) is 0.308. The van der Waals surface area contributed by atoms with Gasteiger partial charge in [-0.2, -0.15) is 0 Å². The molecule has 0 amide bonds. The van der Waals surface area contributed by atoms with Crippen LogP contribution < -0.4 is 5.73 Å². The highest BCUT2D eigenvalue weighted by Gasteiger charge is 2.26. The molecule has 0 unspecified atom stereocenters. The van der Waals surface area contributed by atoms with Crippen LogP contribution >= 0.6 is 11.6 Å². The quantitative estimate of drug-likeness (QED) is 0.815. The maximum Gasteiger partial charge on any atom is 0.0770 e. The van der Waals surface area contributed by atoms with Gasteiger partial charge in [-0.05, 0) is 43.5 Å². The topological polar surface area (TPSA) is 38.9 Å². The summed E-state index contributed by atoms with van der Waals surface area (Å²) in [4.78, 5) is 4.69. The number of anilines is 1. The second-order valence-electron chi connectivity index (χ2n) is 4.48. The predicted molar refractivity (Wildman–Crippen MR) is 67.9 cm³/mol. The molecular formula is C13H13ClN2. The van der Waals surface area contributed by atoms with E-state index in [-0.39, 0.29) is 0 Å². The molecule has 16 heavy (non-hydrogen) atoms. The number of nitrogen functional groups attached to an aromatic ring is 1. The molecule has 1 aliphatic carbocycles. The Morgan fingerprint density at radius 1 is 1.38 bits per heavy atom.